The summed E-state index contributed by atoms with van der Waals surface area (Å²) in [7, 11) is 0. The van der Waals surface area contributed by atoms with Crippen LogP contribution in [0.5, 0.6) is 5.75 Å². The van der Waals surface area contributed by atoms with Gasteiger partial charge in [0, 0.05) is 11.3 Å². The van der Waals surface area contributed by atoms with Crippen LogP contribution in [0.1, 0.15) is 16.7 Å². The molecule has 3 aromatic rings. The Morgan fingerprint density at radius 2 is 1.68 bits per heavy atom. The van der Waals surface area contributed by atoms with Gasteiger partial charge in [-0.1, -0.05) is 66.2 Å². The Morgan fingerprint density at radius 3 is 2.39 bits per heavy atom. The van der Waals surface area contributed by atoms with Gasteiger partial charge in [-0.25, -0.2) is 0 Å². The molecule has 28 heavy (non-hydrogen) atoms. The lowest BCUT2D eigenvalue weighted by Crippen LogP contribution is -2.20. The highest BCUT2D eigenvalue weighted by molar-refractivity contribution is 5.92. The lowest BCUT2D eigenvalue weighted by molar-refractivity contribution is -0.118. The molecule has 4 heteroatoms. The fourth-order valence-electron chi connectivity index (χ4n) is 2.66. The van der Waals surface area contributed by atoms with E-state index in [1.165, 1.54) is 0 Å². The summed E-state index contributed by atoms with van der Waals surface area (Å²) in [5, 5.41) is 12.3. The molecule has 0 saturated heterocycles. The van der Waals surface area contributed by atoms with E-state index >= 15 is 0 Å². The number of hydrogen-bond donors (Lipinski definition) is 1. The van der Waals surface area contributed by atoms with Crippen LogP contribution in [0.4, 0.5) is 5.69 Å². The van der Waals surface area contributed by atoms with Crippen molar-refractivity contribution < 1.29 is 9.53 Å². The first-order valence-electron chi connectivity index (χ1n) is 8.91. The maximum atomic E-state index is 12.1. The van der Waals surface area contributed by atoms with Gasteiger partial charge in [0.15, 0.2) is 6.61 Å². The third kappa shape index (κ3) is 5.09. The lowest BCUT2D eigenvalue weighted by Gasteiger charge is -2.10. The quantitative estimate of drug-likeness (QED) is 0.488. The first-order valence-corrected chi connectivity index (χ1v) is 8.91. The van der Waals surface area contributed by atoms with E-state index in [0.717, 1.165) is 22.4 Å². The van der Waals surface area contributed by atoms with Crippen molar-refractivity contribution >= 4 is 23.2 Å². The monoisotopic (exact) mass is 368 g/mol. The summed E-state index contributed by atoms with van der Waals surface area (Å²) in [4.78, 5) is 12.1. The number of nitrogens with one attached hydrogen (secondary N) is 1. The van der Waals surface area contributed by atoms with Crippen LogP contribution < -0.4 is 10.1 Å². The molecule has 0 saturated carbocycles. The van der Waals surface area contributed by atoms with Crippen LogP contribution in [-0.2, 0) is 4.79 Å². The van der Waals surface area contributed by atoms with Gasteiger partial charge in [-0.05, 0) is 36.8 Å². The zero-order chi connectivity index (χ0) is 19.8. The number of amides is 1. The first kappa shape index (κ1) is 18.9. The molecule has 0 aromatic heterocycles. The van der Waals surface area contributed by atoms with Crippen molar-refractivity contribution in [2.45, 2.75) is 6.92 Å². The van der Waals surface area contributed by atoms with Crippen molar-refractivity contribution in [3.63, 3.8) is 0 Å². The van der Waals surface area contributed by atoms with Crippen LogP contribution in [0.15, 0.2) is 78.9 Å². The van der Waals surface area contributed by atoms with Gasteiger partial charge >= 0.3 is 0 Å². The lowest BCUT2D eigenvalue weighted by atomic mass is 10.0. The highest BCUT2D eigenvalue weighted by atomic mass is 16.5. The molecule has 138 valence electrons. The molecular weight excluding hydrogens is 348 g/mol. The molecule has 1 N–H and O–H groups in total. The van der Waals surface area contributed by atoms with Crippen LogP contribution in [0, 0.1) is 18.3 Å². The Labute approximate surface area is 164 Å². The zero-order valence-corrected chi connectivity index (χ0v) is 15.6. The van der Waals surface area contributed by atoms with Gasteiger partial charge in [-0.15, -0.1) is 0 Å². The summed E-state index contributed by atoms with van der Waals surface area (Å²) in [6.07, 6.45) is 1.77. The van der Waals surface area contributed by atoms with Crippen molar-refractivity contribution in [1.29, 1.82) is 5.26 Å². The third-order valence-electron chi connectivity index (χ3n) is 4.12. The van der Waals surface area contributed by atoms with Gasteiger partial charge in [0.05, 0.1) is 11.6 Å². The number of carbonyl (C=O) groups is 1. The van der Waals surface area contributed by atoms with E-state index in [-0.39, 0.29) is 12.5 Å². The van der Waals surface area contributed by atoms with Gasteiger partial charge in [0.25, 0.3) is 5.91 Å². The number of nitriles is 1. The van der Waals surface area contributed by atoms with Gasteiger partial charge in [0.2, 0.25) is 0 Å². The summed E-state index contributed by atoms with van der Waals surface area (Å²) in [5.41, 5.74) is 3.96. The Hall–Kier alpha value is -3.84. The predicted molar refractivity (Wildman–Crippen MR) is 112 cm³/mol. The van der Waals surface area contributed by atoms with Gasteiger partial charge in [-0.2, -0.15) is 5.26 Å². The van der Waals surface area contributed by atoms with E-state index < -0.39 is 0 Å². The van der Waals surface area contributed by atoms with E-state index in [1.807, 2.05) is 79.7 Å². The molecule has 0 atom stereocenters. The number of anilines is 1. The minimum atomic E-state index is -0.246. The first-order chi connectivity index (χ1) is 13.7. The summed E-state index contributed by atoms with van der Waals surface area (Å²) < 4.78 is 5.71. The normalized spacial score (nSPS) is 10.8. The Balaban J connectivity index is 1.74. The minimum Gasteiger partial charge on any atom is -0.483 e. The molecule has 0 spiro atoms. The highest BCUT2D eigenvalue weighted by Crippen LogP contribution is 2.25. The summed E-state index contributed by atoms with van der Waals surface area (Å²) in [5.74, 6) is 0.301. The molecule has 0 fully saturated rings. The van der Waals surface area contributed by atoms with Crippen LogP contribution >= 0.6 is 0 Å². The molecule has 3 rings (SSSR count). The predicted octanol–water partition coefficient (Wildman–Crippen LogP) is 5.08. The molecule has 0 aliphatic heterocycles. The summed E-state index contributed by atoms with van der Waals surface area (Å²) in [6.45, 7) is 1.88. The SMILES string of the molecule is Cc1ccc(/C(C#N)=C\c2ccccc2OCC(=O)Nc2ccccc2)cc1. The zero-order valence-electron chi connectivity index (χ0n) is 15.6. The molecule has 0 unspecified atom stereocenters. The fourth-order valence-corrected chi connectivity index (χ4v) is 2.66. The van der Waals surface area contributed by atoms with Gasteiger partial charge in [-0.3, -0.25) is 4.79 Å². The number of benzene rings is 3. The van der Waals surface area contributed by atoms with Gasteiger partial charge < -0.3 is 10.1 Å². The number of ether oxygens (including phenoxy) is 1. The molecule has 0 aliphatic rings. The average molecular weight is 368 g/mol. The number of para-hydroxylation sites is 2. The van der Waals surface area contributed by atoms with Crippen molar-refractivity contribution in [2.24, 2.45) is 0 Å². The van der Waals surface area contributed by atoms with E-state index in [1.54, 1.807) is 12.1 Å². The van der Waals surface area contributed by atoms with Crippen LogP contribution in [0.3, 0.4) is 0 Å². The second-order valence-corrected chi connectivity index (χ2v) is 6.28. The van der Waals surface area contributed by atoms with Crippen molar-refractivity contribution in [3.8, 4) is 11.8 Å². The van der Waals surface area contributed by atoms with Crippen LogP contribution in [0.25, 0.3) is 11.6 Å². The standard InChI is InChI=1S/C24H20N2O2/c1-18-11-13-19(14-12-18)21(16-25)15-20-7-5-6-10-23(20)28-17-24(27)26-22-8-3-2-4-9-22/h2-15H,17H2,1H3,(H,26,27)/b21-15-. The largest absolute Gasteiger partial charge is 0.483 e. The Kier molecular flexibility index (Phi) is 6.22. The smallest absolute Gasteiger partial charge is 0.262 e. The maximum absolute atomic E-state index is 12.1. The molecule has 0 aliphatic carbocycles. The molecule has 0 bridgehead atoms. The van der Waals surface area contributed by atoms with Crippen LogP contribution in [-0.4, -0.2) is 12.5 Å². The second-order valence-electron chi connectivity index (χ2n) is 6.28. The van der Waals surface area contributed by atoms with Gasteiger partial charge in [0.1, 0.15) is 5.75 Å². The third-order valence-corrected chi connectivity index (χ3v) is 4.12. The average Bonchev–Trinajstić information content (AvgIpc) is 2.72. The number of rotatable bonds is 6. The highest BCUT2D eigenvalue weighted by Gasteiger charge is 2.08. The van der Waals surface area contributed by atoms with Crippen molar-refractivity contribution in [3.05, 3.63) is 95.6 Å². The Bertz CT molecular complexity index is 1020. The summed E-state index contributed by atoms with van der Waals surface area (Å²) >= 11 is 0. The summed E-state index contributed by atoms with van der Waals surface area (Å²) in [6, 6.07) is 26.6. The molecule has 3 aromatic carbocycles. The minimum absolute atomic E-state index is 0.119. The second kappa shape index (κ2) is 9.20. The molecule has 0 radical (unpaired) electrons. The van der Waals surface area contributed by atoms with E-state index in [0.29, 0.717) is 11.3 Å². The number of allylic oxidation sites excluding steroid dienone is 1. The topological polar surface area (TPSA) is 62.1 Å². The number of hydrogen-bond acceptors (Lipinski definition) is 3. The molecule has 0 heterocycles. The number of carbonyl (C=O) groups excluding carboxylic acids is 1. The molecule has 1 amide bonds. The van der Waals surface area contributed by atoms with Crippen molar-refractivity contribution in [2.75, 3.05) is 11.9 Å². The van der Waals surface area contributed by atoms with E-state index in [2.05, 4.69) is 11.4 Å². The fraction of sp³-hybridized carbons (Fsp3) is 0.0833. The number of nitrogens with zero attached hydrogens (tertiary/aromatic N) is 1. The van der Waals surface area contributed by atoms with E-state index in [4.69, 9.17) is 4.74 Å². The molecular formula is C24H20N2O2. The maximum Gasteiger partial charge on any atom is 0.262 e. The Morgan fingerprint density at radius 1 is 1.00 bits per heavy atom. The number of aryl methyl sites for hydroxylation is 1. The van der Waals surface area contributed by atoms with Crippen LogP contribution in [0.2, 0.25) is 0 Å². The molecule has 4 nitrogen and oxygen atoms in total. The van der Waals surface area contributed by atoms with E-state index in [9.17, 15) is 10.1 Å². The van der Waals surface area contributed by atoms with Crippen molar-refractivity contribution in [1.82, 2.24) is 0 Å².